The lowest BCUT2D eigenvalue weighted by Gasteiger charge is -2.26. The Labute approximate surface area is 122 Å². The zero-order valence-electron chi connectivity index (χ0n) is 10.8. The highest BCUT2D eigenvalue weighted by molar-refractivity contribution is 5.94. The van der Waals surface area contributed by atoms with Gasteiger partial charge in [0.05, 0.1) is 6.04 Å². The van der Waals surface area contributed by atoms with Crippen LogP contribution >= 0.6 is 12.4 Å². The smallest absolute Gasteiger partial charge is 0.241 e. The summed E-state index contributed by atoms with van der Waals surface area (Å²) in [5, 5.41) is 2.50. The molecule has 20 heavy (non-hydrogen) atoms. The van der Waals surface area contributed by atoms with Crippen LogP contribution in [0.5, 0.6) is 0 Å². The van der Waals surface area contributed by atoms with E-state index in [1.807, 2.05) is 0 Å². The molecule has 1 unspecified atom stereocenters. The number of hydrogen-bond acceptors (Lipinski definition) is 3. The van der Waals surface area contributed by atoms with Crippen molar-refractivity contribution in [1.82, 2.24) is 0 Å². The molecule has 1 heterocycles. The van der Waals surface area contributed by atoms with Crippen molar-refractivity contribution in [3.63, 3.8) is 0 Å². The quantitative estimate of drug-likeness (QED) is 0.898. The van der Waals surface area contributed by atoms with Gasteiger partial charge in [-0.3, -0.25) is 4.79 Å². The van der Waals surface area contributed by atoms with Gasteiger partial charge in [0.15, 0.2) is 11.6 Å². The van der Waals surface area contributed by atoms with Crippen LogP contribution in [0, 0.1) is 17.6 Å². The van der Waals surface area contributed by atoms with Crippen LogP contribution in [0.15, 0.2) is 18.2 Å². The second-order valence-corrected chi connectivity index (χ2v) is 4.59. The van der Waals surface area contributed by atoms with Gasteiger partial charge in [-0.05, 0) is 30.9 Å². The third kappa shape index (κ3) is 4.13. The number of rotatable bonds is 3. The maximum atomic E-state index is 13.0. The number of hydrogen-bond donors (Lipinski definition) is 2. The molecule has 1 saturated heterocycles. The van der Waals surface area contributed by atoms with Crippen LogP contribution in [0.1, 0.15) is 12.8 Å². The first-order chi connectivity index (χ1) is 9.08. The maximum absolute atomic E-state index is 13.0. The minimum Gasteiger partial charge on any atom is -0.381 e. The average Bonchev–Trinajstić information content (AvgIpc) is 2.43. The Hall–Kier alpha value is -1.24. The number of halogens is 3. The minimum absolute atomic E-state index is 0. The zero-order valence-corrected chi connectivity index (χ0v) is 11.6. The monoisotopic (exact) mass is 306 g/mol. The van der Waals surface area contributed by atoms with Gasteiger partial charge in [-0.25, -0.2) is 8.78 Å². The van der Waals surface area contributed by atoms with E-state index in [1.54, 1.807) is 0 Å². The van der Waals surface area contributed by atoms with Crippen molar-refractivity contribution in [2.24, 2.45) is 11.7 Å². The minimum atomic E-state index is -1.00. The van der Waals surface area contributed by atoms with E-state index in [0.29, 0.717) is 13.2 Å². The molecule has 7 heteroatoms. The molecule has 1 aromatic rings. The summed E-state index contributed by atoms with van der Waals surface area (Å²) in [5.41, 5.74) is 6.07. The Balaban J connectivity index is 0.00000200. The van der Waals surface area contributed by atoms with Gasteiger partial charge in [-0.1, -0.05) is 0 Å². The molecule has 0 bridgehead atoms. The SMILES string of the molecule is Cl.NC(C(=O)Nc1ccc(F)c(F)c1)C1CCOCC1. The molecule has 0 spiro atoms. The van der Waals surface area contributed by atoms with E-state index in [2.05, 4.69) is 5.32 Å². The molecule has 1 aliphatic heterocycles. The zero-order chi connectivity index (χ0) is 13.8. The fourth-order valence-corrected chi connectivity index (χ4v) is 2.09. The number of ether oxygens (including phenoxy) is 1. The van der Waals surface area contributed by atoms with Gasteiger partial charge in [0, 0.05) is 25.0 Å². The second-order valence-electron chi connectivity index (χ2n) is 4.59. The summed E-state index contributed by atoms with van der Waals surface area (Å²) in [6, 6.07) is 2.53. The van der Waals surface area contributed by atoms with Gasteiger partial charge in [0.2, 0.25) is 5.91 Å². The van der Waals surface area contributed by atoms with Gasteiger partial charge in [-0.2, -0.15) is 0 Å². The van der Waals surface area contributed by atoms with E-state index < -0.39 is 23.6 Å². The van der Waals surface area contributed by atoms with Crippen LogP contribution < -0.4 is 11.1 Å². The fraction of sp³-hybridized carbons (Fsp3) is 0.462. The molecule has 0 aromatic heterocycles. The Morgan fingerprint density at radius 3 is 2.55 bits per heavy atom. The number of benzene rings is 1. The van der Waals surface area contributed by atoms with E-state index in [9.17, 15) is 13.6 Å². The number of carbonyl (C=O) groups excluding carboxylic acids is 1. The number of amides is 1. The first-order valence-electron chi connectivity index (χ1n) is 6.17. The first-order valence-corrected chi connectivity index (χ1v) is 6.17. The lowest BCUT2D eigenvalue weighted by molar-refractivity contribution is -0.119. The predicted molar refractivity (Wildman–Crippen MR) is 73.8 cm³/mol. The summed E-state index contributed by atoms with van der Waals surface area (Å²) in [7, 11) is 0. The molecule has 1 aromatic carbocycles. The Morgan fingerprint density at radius 1 is 1.30 bits per heavy atom. The molecule has 1 fully saturated rings. The highest BCUT2D eigenvalue weighted by Gasteiger charge is 2.26. The van der Waals surface area contributed by atoms with E-state index in [4.69, 9.17) is 10.5 Å². The van der Waals surface area contributed by atoms with Crippen LogP contribution in [0.4, 0.5) is 14.5 Å². The lowest BCUT2D eigenvalue weighted by Crippen LogP contribution is -2.44. The van der Waals surface area contributed by atoms with Crippen LogP contribution in [0.25, 0.3) is 0 Å². The lowest BCUT2D eigenvalue weighted by atomic mass is 9.92. The number of carbonyl (C=O) groups is 1. The summed E-state index contributed by atoms with van der Waals surface area (Å²) in [5.74, 6) is -2.29. The van der Waals surface area contributed by atoms with E-state index >= 15 is 0 Å². The van der Waals surface area contributed by atoms with Crippen molar-refractivity contribution in [3.05, 3.63) is 29.8 Å². The molecule has 3 N–H and O–H groups in total. The first kappa shape index (κ1) is 16.8. The summed E-state index contributed by atoms with van der Waals surface area (Å²) < 4.78 is 31.0. The van der Waals surface area contributed by atoms with Crippen molar-refractivity contribution >= 4 is 24.0 Å². The molecular formula is C13H17ClF2N2O2. The Kier molecular flexibility index (Phi) is 6.32. The van der Waals surface area contributed by atoms with Gasteiger partial charge < -0.3 is 15.8 Å². The highest BCUT2D eigenvalue weighted by Crippen LogP contribution is 2.19. The molecule has 1 amide bonds. The van der Waals surface area contributed by atoms with Gasteiger partial charge in [0.1, 0.15) is 0 Å². The molecule has 0 aliphatic carbocycles. The van der Waals surface area contributed by atoms with Gasteiger partial charge in [-0.15, -0.1) is 12.4 Å². The van der Waals surface area contributed by atoms with Crippen molar-refractivity contribution < 1.29 is 18.3 Å². The largest absolute Gasteiger partial charge is 0.381 e. The number of anilines is 1. The normalized spacial score (nSPS) is 17.1. The molecule has 1 atom stereocenters. The molecule has 0 radical (unpaired) electrons. The summed E-state index contributed by atoms with van der Waals surface area (Å²) in [4.78, 5) is 11.9. The van der Waals surface area contributed by atoms with E-state index in [-0.39, 0.29) is 24.0 Å². The van der Waals surface area contributed by atoms with Gasteiger partial charge >= 0.3 is 0 Å². The number of nitrogens with one attached hydrogen (secondary N) is 1. The Bertz CT molecular complexity index is 468. The standard InChI is InChI=1S/C13H16F2N2O2.ClH/c14-10-2-1-9(7-11(10)15)17-13(18)12(16)8-3-5-19-6-4-8;/h1-2,7-8,12H,3-6,16H2,(H,17,18);1H. The topological polar surface area (TPSA) is 64.4 Å². The van der Waals surface area contributed by atoms with Crippen molar-refractivity contribution in [2.75, 3.05) is 18.5 Å². The van der Waals surface area contributed by atoms with Crippen LogP contribution in [0.2, 0.25) is 0 Å². The molecular weight excluding hydrogens is 290 g/mol. The molecule has 2 rings (SSSR count). The molecule has 0 saturated carbocycles. The fourth-order valence-electron chi connectivity index (χ4n) is 2.09. The maximum Gasteiger partial charge on any atom is 0.241 e. The van der Waals surface area contributed by atoms with E-state index in [1.165, 1.54) is 6.07 Å². The van der Waals surface area contributed by atoms with Crippen molar-refractivity contribution in [2.45, 2.75) is 18.9 Å². The third-order valence-electron chi connectivity index (χ3n) is 3.26. The molecule has 112 valence electrons. The third-order valence-corrected chi connectivity index (χ3v) is 3.26. The average molecular weight is 307 g/mol. The summed E-state index contributed by atoms with van der Waals surface area (Å²) in [6.45, 7) is 1.19. The summed E-state index contributed by atoms with van der Waals surface area (Å²) in [6.07, 6.45) is 1.46. The van der Waals surface area contributed by atoms with Crippen LogP contribution in [-0.2, 0) is 9.53 Å². The molecule has 4 nitrogen and oxygen atoms in total. The predicted octanol–water partition coefficient (Wildman–Crippen LogP) is 2.08. The summed E-state index contributed by atoms with van der Waals surface area (Å²) >= 11 is 0. The van der Waals surface area contributed by atoms with Crippen LogP contribution in [-0.4, -0.2) is 25.2 Å². The second kappa shape index (κ2) is 7.52. The molecule has 1 aliphatic rings. The van der Waals surface area contributed by atoms with Gasteiger partial charge in [0.25, 0.3) is 0 Å². The van der Waals surface area contributed by atoms with Crippen molar-refractivity contribution in [1.29, 1.82) is 0 Å². The van der Waals surface area contributed by atoms with Crippen LogP contribution in [0.3, 0.4) is 0 Å². The number of nitrogens with two attached hydrogens (primary N) is 1. The highest BCUT2D eigenvalue weighted by atomic mass is 35.5. The van der Waals surface area contributed by atoms with Crippen molar-refractivity contribution in [3.8, 4) is 0 Å². The Morgan fingerprint density at radius 2 is 1.95 bits per heavy atom. The van der Waals surface area contributed by atoms with E-state index in [0.717, 1.165) is 25.0 Å².